The molecule has 0 radical (unpaired) electrons. The van der Waals surface area contributed by atoms with E-state index >= 15 is 0 Å². The van der Waals surface area contributed by atoms with Crippen molar-refractivity contribution in [3.05, 3.63) is 0 Å². The summed E-state index contributed by atoms with van der Waals surface area (Å²) >= 11 is -1.20. The quantitative estimate of drug-likeness (QED) is 0.665. The van der Waals surface area contributed by atoms with Crippen molar-refractivity contribution in [2.75, 3.05) is 13.1 Å². The van der Waals surface area contributed by atoms with Crippen LogP contribution >= 0.6 is 0 Å². The lowest BCUT2D eigenvalue weighted by Crippen LogP contribution is -2.46. The minimum atomic E-state index is -1.20. The van der Waals surface area contributed by atoms with E-state index in [2.05, 4.69) is 4.40 Å². The van der Waals surface area contributed by atoms with Crippen molar-refractivity contribution in [1.82, 2.24) is 4.90 Å². The van der Waals surface area contributed by atoms with E-state index in [1.54, 1.807) is 4.90 Å². The summed E-state index contributed by atoms with van der Waals surface area (Å²) in [5.41, 5.74) is 0.689. The van der Waals surface area contributed by atoms with Gasteiger partial charge in [0.05, 0.1) is 5.71 Å². The molecule has 1 saturated heterocycles. The molecule has 1 spiro atoms. The molecule has 2 fully saturated rings. The summed E-state index contributed by atoms with van der Waals surface area (Å²) in [4.78, 5) is 14.0. The lowest BCUT2D eigenvalue weighted by atomic mass is 9.76. The summed E-state index contributed by atoms with van der Waals surface area (Å²) in [7, 11) is 0. The van der Waals surface area contributed by atoms with E-state index in [-0.39, 0.29) is 16.3 Å². The van der Waals surface area contributed by atoms with E-state index in [9.17, 15) is 9.35 Å². The topological polar surface area (TPSA) is 65.0 Å². The number of hydrogen-bond acceptors (Lipinski definition) is 4. The maximum atomic E-state index is 12.4. The lowest BCUT2D eigenvalue weighted by Gasteiger charge is -2.39. The van der Waals surface area contributed by atoms with Gasteiger partial charge in [-0.3, -0.25) is 0 Å². The van der Waals surface area contributed by atoms with Crippen molar-refractivity contribution in [3.8, 4) is 0 Å². The third-order valence-electron chi connectivity index (χ3n) is 4.77. The molecule has 0 bridgehead atoms. The van der Waals surface area contributed by atoms with Crippen LogP contribution in [0.15, 0.2) is 4.40 Å². The minimum absolute atomic E-state index is 0.0411. The Kier molecular flexibility index (Phi) is 5.60. The summed E-state index contributed by atoms with van der Waals surface area (Å²) in [5, 5.41) is 0. The van der Waals surface area contributed by atoms with Crippen molar-refractivity contribution in [2.45, 2.75) is 84.0 Å². The highest BCUT2D eigenvalue weighted by atomic mass is 32.2. The fourth-order valence-electron chi connectivity index (χ4n) is 3.37. The zero-order chi connectivity index (χ0) is 18.2. The Labute approximate surface area is 149 Å². The number of amides is 1. The van der Waals surface area contributed by atoms with Gasteiger partial charge in [0, 0.05) is 18.5 Å². The molecule has 1 aliphatic carbocycles. The molecule has 1 heterocycles. The van der Waals surface area contributed by atoms with Crippen molar-refractivity contribution in [3.63, 3.8) is 0 Å². The minimum Gasteiger partial charge on any atom is -0.591 e. The third kappa shape index (κ3) is 4.66. The number of carbonyl (C=O) groups excluding carboxylic acids is 1. The molecule has 1 aliphatic heterocycles. The van der Waals surface area contributed by atoms with Crippen LogP contribution in [0.1, 0.15) is 73.6 Å². The van der Waals surface area contributed by atoms with Gasteiger partial charge in [-0.05, 0) is 73.6 Å². The van der Waals surface area contributed by atoms with Crippen molar-refractivity contribution >= 4 is 23.2 Å². The van der Waals surface area contributed by atoms with Crippen molar-refractivity contribution in [1.29, 1.82) is 0 Å². The number of likely N-dealkylation sites (tertiary alicyclic amines) is 1. The summed E-state index contributed by atoms with van der Waals surface area (Å²) in [6.07, 6.45) is 4.70. The molecule has 0 N–H and O–H groups in total. The van der Waals surface area contributed by atoms with E-state index in [4.69, 9.17) is 4.74 Å². The van der Waals surface area contributed by atoms with E-state index in [0.29, 0.717) is 13.1 Å². The zero-order valence-electron chi connectivity index (χ0n) is 16.0. The Morgan fingerprint density at radius 1 is 1.17 bits per heavy atom. The molecule has 138 valence electrons. The number of nitrogens with zero attached hydrogens (tertiary/aromatic N) is 2. The van der Waals surface area contributed by atoms with Gasteiger partial charge in [0.15, 0.2) is 0 Å². The smallest absolute Gasteiger partial charge is 0.410 e. The average molecular weight is 357 g/mol. The number of ether oxygens (including phenoxy) is 1. The van der Waals surface area contributed by atoms with Gasteiger partial charge in [-0.2, -0.15) is 0 Å². The molecule has 2 aliphatic rings. The number of hydrogen-bond donors (Lipinski definition) is 0. The molecule has 0 aromatic rings. The van der Waals surface area contributed by atoms with Crippen LogP contribution in [-0.4, -0.2) is 44.7 Å². The maximum Gasteiger partial charge on any atom is 0.410 e. The molecule has 24 heavy (non-hydrogen) atoms. The second kappa shape index (κ2) is 6.87. The van der Waals surface area contributed by atoms with Crippen LogP contribution in [0.5, 0.6) is 0 Å². The van der Waals surface area contributed by atoms with Crippen LogP contribution in [0.25, 0.3) is 0 Å². The van der Waals surface area contributed by atoms with Gasteiger partial charge in [-0.15, -0.1) is 0 Å². The summed E-state index contributed by atoms with van der Waals surface area (Å²) in [6, 6.07) is 0. The first-order valence-electron chi connectivity index (χ1n) is 8.91. The highest BCUT2D eigenvalue weighted by Gasteiger charge is 2.45. The lowest BCUT2D eigenvalue weighted by molar-refractivity contribution is 0.0156. The van der Waals surface area contributed by atoms with Gasteiger partial charge in [-0.1, -0.05) is 4.40 Å². The fourth-order valence-corrected chi connectivity index (χ4v) is 4.12. The Hall–Kier alpha value is -0.750. The van der Waals surface area contributed by atoms with Crippen molar-refractivity contribution in [2.24, 2.45) is 9.81 Å². The second-order valence-electron chi connectivity index (χ2n) is 9.00. The molecular formula is C18H32N2O3S. The molecule has 6 heteroatoms. The average Bonchev–Trinajstić information content (AvgIpc) is 2.79. The van der Waals surface area contributed by atoms with Crippen LogP contribution in [0.4, 0.5) is 4.79 Å². The van der Waals surface area contributed by atoms with Gasteiger partial charge in [0.25, 0.3) is 0 Å². The highest BCUT2D eigenvalue weighted by Crippen LogP contribution is 2.45. The highest BCUT2D eigenvalue weighted by molar-refractivity contribution is 7.91. The number of rotatable bonds is 1. The standard InChI is InChI=1S/C18H32N2O3S/c1-16(2,3)23-15(21)20-12-10-18(11-13-20)9-7-8-14(18)19-24(22)17(4,5)6/h7-13H2,1-6H3/b19-14+. The molecule has 0 aromatic carbocycles. The second-order valence-corrected chi connectivity index (χ2v) is 10.9. The Morgan fingerprint density at radius 2 is 1.75 bits per heavy atom. The van der Waals surface area contributed by atoms with Gasteiger partial charge in [0.1, 0.15) is 21.7 Å². The van der Waals surface area contributed by atoms with Crippen molar-refractivity contribution < 1.29 is 14.1 Å². The van der Waals surface area contributed by atoms with Gasteiger partial charge >= 0.3 is 6.09 Å². The molecule has 1 atom stereocenters. The first kappa shape index (κ1) is 19.6. The molecule has 5 nitrogen and oxygen atoms in total. The third-order valence-corrected chi connectivity index (χ3v) is 6.20. The summed E-state index contributed by atoms with van der Waals surface area (Å²) in [5.74, 6) is 0. The maximum absolute atomic E-state index is 12.4. The predicted molar refractivity (Wildman–Crippen MR) is 98.7 cm³/mol. The fraction of sp³-hybridized carbons (Fsp3) is 0.889. The summed E-state index contributed by atoms with van der Waals surface area (Å²) in [6.45, 7) is 12.9. The first-order chi connectivity index (χ1) is 10.9. The Balaban J connectivity index is 2.03. The van der Waals surface area contributed by atoms with E-state index < -0.39 is 17.0 Å². The zero-order valence-corrected chi connectivity index (χ0v) is 16.8. The van der Waals surface area contributed by atoms with Crippen LogP contribution in [0.3, 0.4) is 0 Å². The van der Waals surface area contributed by atoms with Crippen LogP contribution in [-0.2, 0) is 16.1 Å². The Morgan fingerprint density at radius 3 is 2.25 bits per heavy atom. The molecule has 1 amide bonds. The number of carbonyl (C=O) groups is 1. The van der Waals surface area contributed by atoms with E-state index in [1.165, 1.54) is 0 Å². The van der Waals surface area contributed by atoms with Crippen LogP contribution in [0.2, 0.25) is 0 Å². The van der Waals surface area contributed by atoms with E-state index in [1.807, 2.05) is 41.5 Å². The molecule has 0 aromatic heterocycles. The van der Waals surface area contributed by atoms with Crippen LogP contribution in [0, 0.1) is 5.41 Å². The van der Waals surface area contributed by atoms with Gasteiger partial charge < -0.3 is 14.2 Å². The van der Waals surface area contributed by atoms with E-state index in [0.717, 1.165) is 37.8 Å². The SMILES string of the molecule is CC(C)(C)OC(=O)N1CCC2(CCC/C2=N\[S+]([O-])C(C)(C)C)CC1. The molecule has 2 rings (SSSR count). The first-order valence-corrected chi connectivity index (χ1v) is 10.0. The molecule has 1 unspecified atom stereocenters. The molecule has 1 saturated carbocycles. The van der Waals surface area contributed by atoms with Gasteiger partial charge in [-0.25, -0.2) is 4.79 Å². The Bertz CT molecular complexity index is 497. The predicted octanol–water partition coefficient (Wildman–Crippen LogP) is 4.09. The van der Waals surface area contributed by atoms with Gasteiger partial charge in [0.2, 0.25) is 0 Å². The monoisotopic (exact) mass is 356 g/mol. The largest absolute Gasteiger partial charge is 0.591 e. The van der Waals surface area contributed by atoms with Crippen LogP contribution < -0.4 is 0 Å². The normalized spacial score (nSPS) is 24.5. The summed E-state index contributed by atoms with van der Waals surface area (Å²) < 4.78 is 22.2. The molecular weight excluding hydrogens is 324 g/mol. The number of piperidine rings is 1.